The molecule has 0 amide bonds. The molecule has 0 aromatic heterocycles. The highest BCUT2D eigenvalue weighted by molar-refractivity contribution is 5.77. The van der Waals surface area contributed by atoms with Gasteiger partial charge >= 0.3 is 11.9 Å². The summed E-state index contributed by atoms with van der Waals surface area (Å²) < 4.78 is 15.5. The van der Waals surface area contributed by atoms with Crippen LogP contribution in [0.3, 0.4) is 0 Å². The lowest BCUT2D eigenvalue weighted by Crippen LogP contribution is -2.37. The van der Waals surface area contributed by atoms with E-state index in [1.54, 1.807) is 31.2 Å². The second kappa shape index (κ2) is 7.79. The van der Waals surface area contributed by atoms with Crippen molar-refractivity contribution in [2.75, 3.05) is 13.7 Å². The molecule has 122 valence electrons. The van der Waals surface area contributed by atoms with Gasteiger partial charge in [-0.05, 0) is 38.5 Å². The maximum absolute atomic E-state index is 11.7. The lowest BCUT2D eigenvalue weighted by Gasteiger charge is -2.21. The van der Waals surface area contributed by atoms with Crippen LogP contribution in [-0.4, -0.2) is 42.5 Å². The van der Waals surface area contributed by atoms with Gasteiger partial charge < -0.3 is 19.3 Å². The molecule has 0 aliphatic carbocycles. The first-order valence-corrected chi connectivity index (χ1v) is 7.01. The Bertz CT molecular complexity index is 506. The third-order valence-electron chi connectivity index (χ3n) is 3.07. The SMILES string of the molecule is CCOC(=O)[C@H](Cc1ccc(OC(C)(C)C(=O)O)cc1)OC. The molecule has 6 nitrogen and oxygen atoms in total. The number of hydrogen-bond acceptors (Lipinski definition) is 5. The average molecular weight is 310 g/mol. The van der Waals surface area contributed by atoms with E-state index in [-0.39, 0.29) is 0 Å². The number of carboxylic acid groups (broad SMARTS) is 1. The molecule has 6 heteroatoms. The minimum Gasteiger partial charge on any atom is -0.478 e. The zero-order valence-electron chi connectivity index (χ0n) is 13.3. The van der Waals surface area contributed by atoms with Crippen LogP contribution in [0.25, 0.3) is 0 Å². The summed E-state index contributed by atoms with van der Waals surface area (Å²) in [5, 5.41) is 9.03. The summed E-state index contributed by atoms with van der Waals surface area (Å²) >= 11 is 0. The van der Waals surface area contributed by atoms with Crippen LogP contribution < -0.4 is 4.74 Å². The van der Waals surface area contributed by atoms with E-state index in [2.05, 4.69) is 0 Å². The van der Waals surface area contributed by atoms with Gasteiger partial charge in [-0.3, -0.25) is 0 Å². The number of aliphatic carboxylic acids is 1. The Kier molecular flexibility index (Phi) is 6.37. The van der Waals surface area contributed by atoms with Gasteiger partial charge in [-0.15, -0.1) is 0 Å². The van der Waals surface area contributed by atoms with Crippen LogP contribution in [-0.2, 0) is 25.5 Å². The van der Waals surface area contributed by atoms with Gasteiger partial charge in [-0.1, -0.05) is 12.1 Å². The van der Waals surface area contributed by atoms with Gasteiger partial charge in [-0.2, -0.15) is 0 Å². The predicted octanol–water partition coefficient (Wildman–Crippen LogP) is 2.05. The zero-order chi connectivity index (χ0) is 16.8. The topological polar surface area (TPSA) is 82.1 Å². The highest BCUT2D eigenvalue weighted by Gasteiger charge is 2.29. The molecule has 0 heterocycles. The lowest BCUT2D eigenvalue weighted by molar-refractivity contribution is -0.154. The Hall–Kier alpha value is -2.08. The standard InChI is InChI=1S/C16H22O6/c1-5-21-14(17)13(20-4)10-11-6-8-12(9-7-11)22-16(2,3)15(18)19/h6-9,13H,5,10H2,1-4H3,(H,18,19)/t13-/m0/s1. The fourth-order valence-electron chi connectivity index (χ4n) is 1.74. The van der Waals surface area contributed by atoms with Crippen LogP contribution in [0.5, 0.6) is 5.75 Å². The quantitative estimate of drug-likeness (QED) is 0.740. The summed E-state index contributed by atoms with van der Waals surface area (Å²) in [6.07, 6.45) is -0.292. The number of methoxy groups -OCH3 is 1. The maximum Gasteiger partial charge on any atom is 0.347 e. The summed E-state index contributed by atoms with van der Waals surface area (Å²) in [7, 11) is 1.45. The first kappa shape index (κ1) is 18.0. The number of esters is 1. The van der Waals surface area contributed by atoms with Crippen LogP contribution in [0, 0.1) is 0 Å². The van der Waals surface area contributed by atoms with Crippen LogP contribution >= 0.6 is 0 Å². The van der Waals surface area contributed by atoms with E-state index in [4.69, 9.17) is 19.3 Å². The molecule has 0 radical (unpaired) electrons. The third kappa shape index (κ3) is 5.04. The van der Waals surface area contributed by atoms with Crippen molar-refractivity contribution in [3.05, 3.63) is 29.8 Å². The molecule has 22 heavy (non-hydrogen) atoms. The third-order valence-corrected chi connectivity index (χ3v) is 3.07. The molecule has 0 aliphatic heterocycles. The Balaban J connectivity index is 2.72. The summed E-state index contributed by atoms with van der Waals surface area (Å²) in [6, 6.07) is 6.85. The van der Waals surface area contributed by atoms with Gasteiger partial charge in [0.25, 0.3) is 0 Å². The monoisotopic (exact) mass is 310 g/mol. The maximum atomic E-state index is 11.7. The summed E-state index contributed by atoms with van der Waals surface area (Å²) in [5.41, 5.74) is -0.443. The molecule has 0 aliphatic rings. The van der Waals surface area contributed by atoms with E-state index in [0.29, 0.717) is 18.8 Å². The highest BCUT2D eigenvalue weighted by Crippen LogP contribution is 2.20. The van der Waals surface area contributed by atoms with Crippen molar-refractivity contribution in [2.24, 2.45) is 0 Å². The van der Waals surface area contributed by atoms with Gasteiger partial charge in [0.1, 0.15) is 5.75 Å². The molecule has 0 saturated heterocycles. The number of carboxylic acids is 1. The smallest absolute Gasteiger partial charge is 0.347 e. The normalized spacial score (nSPS) is 12.5. The van der Waals surface area contributed by atoms with Gasteiger partial charge in [0, 0.05) is 13.5 Å². The largest absolute Gasteiger partial charge is 0.478 e. The van der Waals surface area contributed by atoms with Gasteiger partial charge in [0.05, 0.1) is 6.61 Å². The molecule has 1 aromatic carbocycles. The highest BCUT2D eigenvalue weighted by atomic mass is 16.6. The van der Waals surface area contributed by atoms with Crippen molar-refractivity contribution >= 4 is 11.9 Å². The summed E-state index contributed by atoms with van der Waals surface area (Å²) in [5.74, 6) is -1.00. The van der Waals surface area contributed by atoms with Crippen LogP contribution in [0.2, 0.25) is 0 Å². The zero-order valence-corrected chi connectivity index (χ0v) is 13.3. The number of rotatable bonds is 8. The van der Waals surface area contributed by atoms with E-state index >= 15 is 0 Å². The van der Waals surface area contributed by atoms with Crippen LogP contribution in [0.15, 0.2) is 24.3 Å². The van der Waals surface area contributed by atoms with Crippen LogP contribution in [0.4, 0.5) is 0 Å². The van der Waals surface area contributed by atoms with E-state index < -0.39 is 23.6 Å². The number of hydrogen-bond donors (Lipinski definition) is 1. The van der Waals surface area contributed by atoms with Crippen molar-refractivity contribution < 1.29 is 28.9 Å². The van der Waals surface area contributed by atoms with E-state index in [9.17, 15) is 9.59 Å². The molecule has 0 saturated carbocycles. The van der Waals surface area contributed by atoms with Crippen LogP contribution in [0.1, 0.15) is 26.3 Å². The molecule has 1 aromatic rings. The first-order valence-electron chi connectivity index (χ1n) is 7.01. The Morgan fingerprint density at radius 2 is 1.82 bits per heavy atom. The Morgan fingerprint density at radius 3 is 2.27 bits per heavy atom. The minimum absolute atomic E-state index is 0.301. The van der Waals surface area contributed by atoms with Crippen molar-refractivity contribution in [1.29, 1.82) is 0 Å². The molecular formula is C16H22O6. The molecule has 0 spiro atoms. The predicted molar refractivity (Wildman–Crippen MR) is 79.9 cm³/mol. The number of carbonyl (C=O) groups is 2. The molecule has 0 bridgehead atoms. The van der Waals surface area contributed by atoms with Crippen molar-refractivity contribution in [3.63, 3.8) is 0 Å². The van der Waals surface area contributed by atoms with Crippen molar-refractivity contribution in [3.8, 4) is 5.75 Å². The van der Waals surface area contributed by atoms with Gasteiger partial charge in [-0.25, -0.2) is 9.59 Å². The average Bonchev–Trinajstić information content (AvgIpc) is 2.46. The molecule has 0 unspecified atom stereocenters. The fraction of sp³-hybridized carbons (Fsp3) is 0.500. The lowest BCUT2D eigenvalue weighted by atomic mass is 10.1. The molecule has 1 rings (SSSR count). The molecule has 1 atom stereocenters. The number of ether oxygens (including phenoxy) is 3. The Labute approximate surface area is 130 Å². The molecule has 0 fully saturated rings. The molecular weight excluding hydrogens is 288 g/mol. The Morgan fingerprint density at radius 1 is 1.23 bits per heavy atom. The number of benzene rings is 1. The summed E-state index contributed by atoms with van der Waals surface area (Å²) in [4.78, 5) is 22.7. The van der Waals surface area contributed by atoms with E-state index in [1.807, 2.05) is 0 Å². The number of carbonyl (C=O) groups excluding carboxylic acids is 1. The second-order valence-corrected chi connectivity index (χ2v) is 5.24. The first-order chi connectivity index (χ1) is 10.3. The van der Waals surface area contributed by atoms with Gasteiger partial charge in [0.15, 0.2) is 11.7 Å². The minimum atomic E-state index is -1.30. The fourth-order valence-corrected chi connectivity index (χ4v) is 1.74. The van der Waals surface area contributed by atoms with E-state index in [0.717, 1.165) is 5.56 Å². The van der Waals surface area contributed by atoms with E-state index in [1.165, 1.54) is 21.0 Å². The van der Waals surface area contributed by atoms with Gasteiger partial charge in [0.2, 0.25) is 0 Å². The van der Waals surface area contributed by atoms with Crippen molar-refractivity contribution in [1.82, 2.24) is 0 Å². The van der Waals surface area contributed by atoms with Crippen molar-refractivity contribution in [2.45, 2.75) is 38.9 Å². The summed E-state index contributed by atoms with van der Waals surface area (Å²) in [6.45, 7) is 4.99. The second-order valence-electron chi connectivity index (χ2n) is 5.24. The molecule has 1 N–H and O–H groups in total.